The van der Waals surface area contributed by atoms with Crippen molar-refractivity contribution in [2.75, 3.05) is 18.8 Å². The van der Waals surface area contributed by atoms with E-state index < -0.39 is 29.0 Å². The Hall–Kier alpha value is -3.02. The number of carbonyl (C=O) groups excluding carboxylic acids is 2. The average Bonchev–Trinajstić information content (AvgIpc) is 3.49. The van der Waals surface area contributed by atoms with E-state index in [2.05, 4.69) is 0 Å². The minimum atomic E-state index is -0.717. The first-order chi connectivity index (χ1) is 15.9. The number of hydrogen-bond acceptors (Lipinski definition) is 8. The van der Waals surface area contributed by atoms with Gasteiger partial charge in [-0.3, -0.25) is 28.4 Å². The topological polar surface area (TPSA) is 133 Å². The Bertz CT molecular complexity index is 1260. The van der Waals surface area contributed by atoms with E-state index in [1.807, 2.05) is 35.0 Å². The van der Waals surface area contributed by atoms with Gasteiger partial charge in [0.25, 0.3) is 5.56 Å². The molecule has 0 saturated carbocycles. The molecule has 1 atom stereocenters. The number of nitrogens with zero attached hydrogens (tertiary/aromatic N) is 3. The van der Waals surface area contributed by atoms with Gasteiger partial charge in [0.1, 0.15) is 11.4 Å². The summed E-state index contributed by atoms with van der Waals surface area (Å²) in [5, 5.41) is 3.73. The van der Waals surface area contributed by atoms with Crippen molar-refractivity contribution in [2.45, 2.75) is 38.4 Å². The number of nitrogens with two attached hydrogens (primary N) is 2. The average molecular weight is 488 g/mol. The van der Waals surface area contributed by atoms with Gasteiger partial charge in [-0.15, -0.1) is 22.7 Å². The number of likely N-dealkylation sites (tertiary alicyclic amines) is 1. The van der Waals surface area contributed by atoms with Crippen LogP contribution in [0.2, 0.25) is 0 Å². The molecule has 1 aliphatic heterocycles. The van der Waals surface area contributed by atoms with Crippen LogP contribution in [0.25, 0.3) is 0 Å². The van der Waals surface area contributed by atoms with Gasteiger partial charge in [0.15, 0.2) is 5.78 Å². The maximum Gasteiger partial charge on any atom is 0.333 e. The lowest BCUT2D eigenvalue weighted by atomic mass is 10.0. The van der Waals surface area contributed by atoms with Gasteiger partial charge in [-0.2, -0.15) is 0 Å². The van der Waals surface area contributed by atoms with E-state index in [9.17, 15) is 19.2 Å². The minimum Gasteiger partial charge on any atom is -0.384 e. The van der Waals surface area contributed by atoms with Crippen LogP contribution in [0.15, 0.2) is 44.6 Å². The number of amides is 1. The van der Waals surface area contributed by atoms with E-state index in [1.54, 1.807) is 4.90 Å². The number of carbonyl (C=O) groups is 2. The van der Waals surface area contributed by atoms with Crippen molar-refractivity contribution in [3.63, 3.8) is 0 Å². The van der Waals surface area contributed by atoms with Gasteiger partial charge in [0, 0.05) is 9.75 Å². The molecule has 3 aromatic rings. The second-order valence-corrected chi connectivity index (χ2v) is 10.1. The zero-order valence-corrected chi connectivity index (χ0v) is 19.6. The van der Waals surface area contributed by atoms with Crippen molar-refractivity contribution in [1.82, 2.24) is 14.0 Å². The van der Waals surface area contributed by atoms with Crippen molar-refractivity contribution >= 4 is 40.2 Å². The lowest BCUT2D eigenvalue weighted by Crippen LogP contribution is -2.51. The third kappa shape index (κ3) is 4.85. The summed E-state index contributed by atoms with van der Waals surface area (Å²) in [6.45, 7) is 0.565. The number of hydrogen-bond donors (Lipinski definition) is 2. The Balaban J connectivity index is 1.77. The maximum absolute atomic E-state index is 13.3. The van der Waals surface area contributed by atoms with Crippen LogP contribution in [0.3, 0.4) is 0 Å². The van der Waals surface area contributed by atoms with E-state index in [0.29, 0.717) is 13.0 Å². The van der Waals surface area contributed by atoms with Gasteiger partial charge >= 0.3 is 5.69 Å². The molecule has 33 heavy (non-hydrogen) atoms. The van der Waals surface area contributed by atoms with E-state index in [4.69, 9.17) is 11.5 Å². The molecule has 4 heterocycles. The Morgan fingerprint density at radius 3 is 2.21 bits per heavy atom. The molecule has 4 N–H and O–H groups in total. The normalized spacial score (nSPS) is 16.7. The molecule has 1 saturated heterocycles. The zero-order chi connectivity index (χ0) is 23.5. The van der Waals surface area contributed by atoms with E-state index >= 15 is 0 Å². The van der Waals surface area contributed by atoms with Gasteiger partial charge in [0.2, 0.25) is 5.91 Å². The Morgan fingerprint density at radius 1 is 1.00 bits per heavy atom. The van der Waals surface area contributed by atoms with Crippen LogP contribution in [0, 0.1) is 0 Å². The predicted octanol–water partition coefficient (Wildman–Crippen LogP) is 1.33. The maximum atomic E-state index is 13.3. The molecule has 1 unspecified atom stereocenters. The highest BCUT2D eigenvalue weighted by molar-refractivity contribution is 7.10. The van der Waals surface area contributed by atoms with Gasteiger partial charge < -0.3 is 11.5 Å². The van der Waals surface area contributed by atoms with E-state index in [-0.39, 0.29) is 31.0 Å². The van der Waals surface area contributed by atoms with Crippen LogP contribution < -0.4 is 22.7 Å². The van der Waals surface area contributed by atoms with Crippen molar-refractivity contribution in [3.8, 4) is 0 Å². The number of nitrogen functional groups attached to an aromatic ring is 1. The minimum absolute atomic E-state index is 0.0496. The monoisotopic (exact) mass is 487 g/mol. The van der Waals surface area contributed by atoms with Crippen LogP contribution >= 0.6 is 22.7 Å². The number of anilines is 1. The fourth-order valence-electron chi connectivity index (χ4n) is 4.15. The number of thiophene rings is 2. The summed E-state index contributed by atoms with van der Waals surface area (Å²) in [4.78, 5) is 55.2. The fourth-order valence-corrected chi connectivity index (χ4v) is 5.54. The summed E-state index contributed by atoms with van der Waals surface area (Å²) < 4.78 is 2.33. The quantitative estimate of drug-likeness (QED) is 0.461. The summed E-state index contributed by atoms with van der Waals surface area (Å²) in [6.07, 6.45) is 2.24. The fraction of sp³-hybridized carbons (Fsp3) is 0.364. The van der Waals surface area contributed by atoms with Crippen molar-refractivity contribution in [3.05, 3.63) is 71.2 Å². The highest BCUT2D eigenvalue weighted by Gasteiger charge is 2.31. The second-order valence-electron chi connectivity index (χ2n) is 7.99. The molecule has 4 rings (SSSR count). The molecule has 1 fully saturated rings. The molecule has 0 aliphatic carbocycles. The molecule has 0 spiro atoms. The largest absolute Gasteiger partial charge is 0.384 e. The molecule has 11 heteroatoms. The number of piperidine rings is 1. The van der Waals surface area contributed by atoms with Crippen molar-refractivity contribution in [1.29, 1.82) is 0 Å². The number of ketones is 1. The molecule has 0 aromatic carbocycles. The smallest absolute Gasteiger partial charge is 0.333 e. The molecule has 0 radical (unpaired) electrons. The molecule has 3 aromatic heterocycles. The van der Waals surface area contributed by atoms with Crippen LogP contribution in [0.5, 0.6) is 0 Å². The second kappa shape index (κ2) is 9.86. The molecular formula is C22H25N5O4S2. The van der Waals surface area contributed by atoms with Crippen molar-refractivity contribution in [2.24, 2.45) is 5.73 Å². The Labute approximate surface area is 197 Å². The molecule has 0 bridgehead atoms. The number of aromatic nitrogens is 2. The van der Waals surface area contributed by atoms with Gasteiger partial charge in [-0.25, -0.2) is 4.79 Å². The lowest BCUT2D eigenvalue weighted by Gasteiger charge is -2.33. The zero-order valence-electron chi connectivity index (χ0n) is 17.9. The predicted molar refractivity (Wildman–Crippen MR) is 129 cm³/mol. The third-order valence-corrected chi connectivity index (χ3v) is 7.55. The van der Waals surface area contributed by atoms with Crippen LogP contribution in [0.1, 0.15) is 39.4 Å². The lowest BCUT2D eigenvalue weighted by molar-refractivity contribution is -0.124. The summed E-state index contributed by atoms with van der Waals surface area (Å²) in [7, 11) is 0. The number of primary amides is 1. The summed E-state index contributed by atoms with van der Waals surface area (Å²) in [5.74, 6) is -1.17. The Kier molecular flexibility index (Phi) is 6.91. The number of rotatable bonds is 8. The van der Waals surface area contributed by atoms with Crippen LogP contribution in [-0.2, 0) is 17.9 Å². The molecule has 9 nitrogen and oxygen atoms in total. The molecule has 174 valence electrons. The summed E-state index contributed by atoms with van der Waals surface area (Å²) >= 11 is 2.87. The number of Topliss-reactive ketones (excluding diaryl/α,β-unsaturated/α-hetero) is 1. The first kappa shape index (κ1) is 23.1. The van der Waals surface area contributed by atoms with Gasteiger partial charge in [-0.05, 0) is 42.3 Å². The third-order valence-electron chi connectivity index (χ3n) is 5.82. The van der Waals surface area contributed by atoms with E-state index in [0.717, 1.165) is 27.2 Å². The van der Waals surface area contributed by atoms with Crippen LogP contribution in [0.4, 0.5) is 5.82 Å². The molecular weight excluding hydrogens is 462 g/mol. The summed E-state index contributed by atoms with van der Waals surface area (Å²) in [5.41, 5.74) is 10.3. The Morgan fingerprint density at radius 2 is 1.64 bits per heavy atom. The standard InChI is InChI=1S/C22H25N5O4S2/c23-19-18(17(28)13-25-8-2-1-7-16(25)20(24)29)21(30)27(12-15-6-4-10-33-15)22(31)26(19)11-14-5-3-9-32-14/h3-6,9-10,16H,1-2,7-8,11-13,23H2,(H2,24,29). The van der Waals surface area contributed by atoms with E-state index in [1.165, 1.54) is 27.2 Å². The molecule has 1 aliphatic rings. The SMILES string of the molecule is NC(=O)C1CCCCN1CC(=O)c1c(N)n(Cc2cccs2)c(=O)n(Cc2cccs2)c1=O. The van der Waals surface area contributed by atoms with Crippen molar-refractivity contribution < 1.29 is 9.59 Å². The van der Waals surface area contributed by atoms with Gasteiger partial charge in [0.05, 0.1) is 25.7 Å². The highest BCUT2D eigenvalue weighted by Crippen LogP contribution is 2.19. The first-order valence-corrected chi connectivity index (χ1v) is 12.4. The first-order valence-electron chi connectivity index (χ1n) is 10.6. The van der Waals surface area contributed by atoms with Crippen LogP contribution in [-0.4, -0.2) is 44.9 Å². The van der Waals surface area contributed by atoms with Gasteiger partial charge in [-0.1, -0.05) is 18.6 Å². The highest BCUT2D eigenvalue weighted by atomic mass is 32.1. The molecule has 1 amide bonds. The summed E-state index contributed by atoms with van der Waals surface area (Å²) in [6, 6.07) is 6.81.